The zero-order chi connectivity index (χ0) is 20.7. The number of aryl methyl sites for hydroxylation is 4. The lowest BCUT2D eigenvalue weighted by molar-refractivity contribution is 0.102. The van der Waals surface area contributed by atoms with Gasteiger partial charge in [-0.2, -0.15) is 10.2 Å². The van der Waals surface area contributed by atoms with Crippen molar-refractivity contribution in [3.05, 3.63) is 58.4 Å². The highest BCUT2D eigenvalue weighted by molar-refractivity contribution is 6.33. The standard InChI is InChI=1S/C21H21ClN6O/c1-5-28-20-18(13(3)25-28)15(21(29)24-19-16(22)11-27(4)26-19)10-17(23-20)14-8-6-12(2)7-9-14/h6-11H,5H2,1-4H3,(H,24,26,29). The number of amides is 1. The molecule has 0 spiro atoms. The Hall–Kier alpha value is -3.19. The Kier molecular flexibility index (Phi) is 4.84. The van der Waals surface area contributed by atoms with Crippen LogP contribution in [0.4, 0.5) is 5.82 Å². The molecule has 7 nitrogen and oxygen atoms in total. The number of hydrogen-bond acceptors (Lipinski definition) is 4. The van der Waals surface area contributed by atoms with E-state index in [1.54, 1.807) is 24.0 Å². The van der Waals surface area contributed by atoms with E-state index in [9.17, 15) is 4.79 Å². The fourth-order valence-corrected chi connectivity index (χ4v) is 3.57. The average Bonchev–Trinajstić information content (AvgIpc) is 3.19. The third-order valence-electron chi connectivity index (χ3n) is 4.78. The van der Waals surface area contributed by atoms with Gasteiger partial charge in [-0.3, -0.25) is 9.48 Å². The summed E-state index contributed by atoms with van der Waals surface area (Å²) in [7, 11) is 1.75. The second kappa shape index (κ2) is 7.33. The SMILES string of the molecule is CCn1nc(C)c2c(C(=O)Nc3nn(C)cc3Cl)cc(-c3ccc(C)cc3)nc21. The molecule has 0 aliphatic carbocycles. The van der Waals surface area contributed by atoms with Gasteiger partial charge in [-0.15, -0.1) is 0 Å². The highest BCUT2D eigenvalue weighted by atomic mass is 35.5. The van der Waals surface area contributed by atoms with Gasteiger partial charge in [-0.25, -0.2) is 9.67 Å². The minimum absolute atomic E-state index is 0.301. The summed E-state index contributed by atoms with van der Waals surface area (Å²) in [5, 5.41) is 12.7. The minimum Gasteiger partial charge on any atom is -0.304 e. The number of aromatic nitrogens is 5. The van der Waals surface area contributed by atoms with Crippen LogP contribution in [0.3, 0.4) is 0 Å². The lowest BCUT2D eigenvalue weighted by Gasteiger charge is -2.09. The molecular weight excluding hydrogens is 388 g/mol. The predicted molar refractivity (Wildman–Crippen MR) is 114 cm³/mol. The second-order valence-corrected chi connectivity index (χ2v) is 7.38. The summed E-state index contributed by atoms with van der Waals surface area (Å²) in [5.41, 5.74) is 4.73. The van der Waals surface area contributed by atoms with E-state index in [4.69, 9.17) is 16.6 Å². The summed E-state index contributed by atoms with van der Waals surface area (Å²) in [6.07, 6.45) is 1.64. The van der Waals surface area contributed by atoms with Gasteiger partial charge in [0.05, 0.1) is 22.3 Å². The van der Waals surface area contributed by atoms with E-state index < -0.39 is 0 Å². The molecule has 0 saturated carbocycles. The van der Waals surface area contributed by atoms with E-state index in [-0.39, 0.29) is 5.91 Å². The Morgan fingerprint density at radius 2 is 1.90 bits per heavy atom. The van der Waals surface area contributed by atoms with E-state index in [0.29, 0.717) is 34.3 Å². The van der Waals surface area contributed by atoms with Crippen LogP contribution >= 0.6 is 11.6 Å². The Morgan fingerprint density at radius 1 is 1.17 bits per heavy atom. The van der Waals surface area contributed by atoms with Crippen LogP contribution in [-0.2, 0) is 13.6 Å². The Labute approximate surface area is 173 Å². The lowest BCUT2D eigenvalue weighted by Crippen LogP contribution is -2.14. The van der Waals surface area contributed by atoms with Gasteiger partial charge >= 0.3 is 0 Å². The Morgan fingerprint density at radius 3 is 2.52 bits per heavy atom. The molecule has 0 aliphatic heterocycles. The number of halogens is 1. The van der Waals surface area contributed by atoms with Crippen molar-refractivity contribution >= 4 is 34.4 Å². The first-order chi connectivity index (χ1) is 13.9. The number of anilines is 1. The van der Waals surface area contributed by atoms with Crippen LogP contribution < -0.4 is 5.32 Å². The van der Waals surface area contributed by atoms with Crippen LogP contribution in [0, 0.1) is 13.8 Å². The summed E-state index contributed by atoms with van der Waals surface area (Å²) in [5.74, 6) is 0.0201. The van der Waals surface area contributed by atoms with E-state index in [1.807, 2.05) is 49.7 Å². The maximum atomic E-state index is 13.2. The Bertz CT molecular complexity index is 1220. The lowest BCUT2D eigenvalue weighted by atomic mass is 10.0. The van der Waals surface area contributed by atoms with Gasteiger partial charge in [0, 0.05) is 25.4 Å². The van der Waals surface area contributed by atoms with Crippen LogP contribution in [0.25, 0.3) is 22.3 Å². The number of benzene rings is 1. The van der Waals surface area contributed by atoms with Crippen molar-refractivity contribution in [3.8, 4) is 11.3 Å². The summed E-state index contributed by atoms with van der Waals surface area (Å²) in [4.78, 5) is 18.0. The monoisotopic (exact) mass is 408 g/mol. The molecule has 0 unspecified atom stereocenters. The van der Waals surface area contributed by atoms with E-state index in [2.05, 4.69) is 15.5 Å². The van der Waals surface area contributed by atoms with Gasteiger partial charge in [0.25, 0.3) is 5.91 Å². The first kappa shape index (κ1) is 19.1. The molecule has 29 heavy (non-hydrogen) atoms. The van der Waals surface area contributed by atoms with Crippen LogP contribution in [-0.4, -0.2) is 30.5 Å². The number of hydrogen-bond donors (Lipinski definition) is 1. The van der Waals surface area contributed by atoms with Crippen molar-refractivity contribution in [2.24, 2.45) is 7.05 Å². The summed E-state index contributed by atoms with van der Waals surface area (Å²) in [6.45, 7) is 6.57. The molecule has 148 valence electrons. The van der Waals surface area contributed by atoms with Crippen molar-refractivity contribution in [1.29, 1.82) is 0 Å². The van der Waals surface area contributed by atoms with Crippen LogP contribution in [0.5, 0.6) is 0 Å². The number of pyridine rings is 1. The number of rotatable bonds is 4. The van der Waals surface area contributed by atoms with Crippen LogP contribution in [0.1, 0.15) is 28.5 Å². The fourth-order valence-electron chi connectivity index (χ4n) is 3.34. The summed E-state index contributed by atoms with van der Waals surface area (Å²) >= 11 is 6.17. The molecule has 3 heterocycles. The maximum Gasteiger partial charge on any atom is 0.257 e. The predicted octanol–water partition coefficient (Wildman–Crippen LogP) is 4.37. The molecule has 0 aliphatic rings. The van der Waals surface area contributed by atoms with E-state index in [0.717, 1.165) is 22.2 Å². The number of nitrogens with one attached hydrogen (secondary N) is 1. The third kappa shape index (κ3) is 3.49. The molecule has 0 atom stereocenters. The van der Waals surface area contributed by atoms with Crippen LogP contribution in [0.15, 0.2) is 36.5 Å². The highest BCUT2D eigenvalue weighted by Crippen LogP contribution is 2.29. The largest absolute Gasteiger partial charge is 0.304 e. The number of fused-ring (bicyclic) bond motifs is 1. The normalized spacial score (nSPS) is 11.2. The molecule has 4 aromatic rings. The maximum absolute atomic E-state index is 13.2. The van der Waals surface area contributed by atoms with Gasteiger partial charge in [-0.05, 0) is 26.8 Å². The molecular formula is C21H21ClN6O. The molecule has 0 fully saturated rings. The molecule has 0 saturated heterocycles. The van der Waals surface area contributed by atoms with E-state index in [1.165, 1.54) is 0 Å². The van der Waals surface area contributed by atoms with Crippen molar-refractivity contribution in [2.45, 2.75) is 27.3 Å². The first-order valence-corrected chi connectivity index (χ1v) is 9.71. The number of carbonyl (C=O) groups is 1. The molecule has 0 bridgehead atoms. The number of carbonyl (C=O) groups excluding carboxylic acids is 1. The number of nitrogens with zero attached hydrogens (tertiary/aromatic N) is 5. The van der Waals surface area contributed by atoms with Crippen molar-refractivity contribution in [2.75, 3.05) is 5.32 Å². The smallest absolute Gasteiger partial charge is 0.257 e. The molecule has 1 aromatic carbocycles. The quantitative estimate of drug-likeness (QED) is 0.543. The van der Waals surface area contributed by atoms with Gasteiger partial charge in [0.15, 0.2) is 11.5 Å². The van der Waals surface area contributed by atoms with Gasteiger partial charge < -0.3 is 5.32 Å². The fraction of sp³-hybridized carbons (Fsp3) is 0.238. The highest BCUT2D eigenvalue weighted by Gasteiger charge is 2.21. The van der Waals surface area contributed by atoms with Gasteiger partial charge in [-0.1, -0.05) is 41.4 Å². The second-order valence-electron chi connectivity index (χ2n) is 6.97. The zero-order valence-corrected chi connectivity index (χ0v) is 17.4. The van der Waals surface area contributed by atoms with Crippen LogP contribution in [0.2, 0.25) is 5.02 Å². The van der Waals surface area contributed by atoms with Gasteiger partial charge in [0.1, 0.15) is 5.02 Å². The van der Waals surface area contributed by atoms with E-state index >= 15 is 0 Å². The average molecular weight is 409 g/mol. The first-order valence-electron chi connectivity index (χ1n) is 9.33. The molecule has 3 aromatic heterocycles. The summed E-state index contributed by atoms with van der Waals surface area (Å²) < 4.78 is 3.37. The topological polar surface area (TPSA) is 77.6 Å². The van der Waals surface area contributed by atoms with Crippen molar-refractivity contribution in [1.82, 2.24) is 24.5 Å². The molecule has 0 radical (unpaired) electrons. The van der Waals surface area contributed by atoms with Crippen molar-refractivity contribution in [3.63, 3.8) is 0 Å². The third-order valence-corrected chi connectivity index (χ3v) is 5.06. The molecule has 1 amide bonds. The summed E-state index contributed by atoms with van der Waals surface area (Å²) in [6, 6.07) is 9.85. The Balaban J connectivity index is 1.88. The minimum atomic E-state index is -0.301. The van der Waals surface area contributed by atoms with Gasteiger partial charge in [0.2, 0.25) is 0 Å². The van der Waals surface area contributed by atoms with Crippen molar-refractivity contribution < 1.29 is 4.79 Å². The molecule has 4 rings (SSSR count). The molecule has 1 N–H and O–H groups in total. The molecule has 8 heteroatoms. The zero-order valence-electron chi connectivity index (χ0n) is 16.7.